The average Bonchev–Trinajstić information content (AvgIpc) is 3.23. The molecule has 0 aromatic carbocycles. The summed E-state index contributed by atoms with van der Waals surface area (Å²) in [6, 6.07) is 2.37. The third-order valence-electron chi connectivity index (χ3n) is 5.24. The van der Waals surface area contributed by atoms with Crippen molar-refractivity contribution in [3.8, 4) is 0 Å². The van der Waals surface area contributed by atoms with Crippen LogP contribution in [0.25, 0.3) is 0 Å². The first-order valence-corrected chi connectivity index (χ1v) is 8.83. The van der Waals surface area contributed by atoms with Gasteiger partial charge < -0.3 is 14.3 Å². The molecule has 1 aromatic rings. The smallest absolute Gasteiger partial charge is 0.228 e. The van der Waals surface area contributed by atoms with Crippen molar-refractivity contribution < 1.29 is 14.1 Å². The highest BCUT2D eigenvalue weighted by molar-refractivity contribution is 5.89. The van der Waals surface area contributed by atoms with Crippen LogP contribution >= 0.6 is 0 Å². The van der Waals surface area contributed by atoms with E-state index in [0.29, 0.717) is 19.0 Å². The van der Waals surface area contributed by atoms with Gasteiger partial charge in [0.25, 0.3) is 0 Å². The molecule has 7 heteroatoms. The Morgan fingerprint density at radius 3 is 2.67 bits per heavy atom. The molecule has 4 rings (SSSR count). The molecule has 1 saturated carbocycles. The second-order valence-corrected chi connectivity index (χ2v) is 7.21. The lowest BCUT2D eigenvalue weighted by molar-refractivity contribution is -0.137. The second kappa shape index (κ2) is 6.20. The molecule has 1 unspecified atom stereocenters. The van der Waals surface area contributed by atoms with Gasteiger partial charge in [-0.1, -0.05) is 5.16 Å². The average molecular weight is 332 g/mol. The van der Waals surface area contributed by atoms with E-state index in [-0.39, 0.29) is 17.7 Å². The summed E-state index contributed by atoms with van der Waals surface area (Å²) in [6.45, 7) is 6.38. The zero-order chi connectivity index (χ0) is 16.7. The van der Waals surface area contributed by atoms with Gasteiger partial charge in [0, 0.05) is 51.3 Å². The van der Waals surface area contributed by atoms with Gasteiger partial charge in [-0.2, -0.15) is 0 Å². The number of hydrogen-bond donors (Lipinski definition) is 0. The molecule has 2 amide bonds. The van der Waals surface area contributed by atoms with Crippen LogP contribution in [0.5, 0.6) is 0 Å². The summed E-state index contributed by atoms with van der Waals surface area (Å²) in [7, 11) is 0. The van der Waals surface area contributed by atoms with Crippen LogP contribution < -0.4 is 0 Å². The van der Waals surface area contributed by atoms with E-state index in [2.05, 4.69) is 10.1 Å². The van der Waals surface area contributed by atoms with Crippen LogP contribution in [0.3, 0.4) is 0 Å². The molecule has 0 radical (unpaired) electrons. The van der Waals surface area contributed by atoms with Crippen molar-refractivity contribution in [2.45, 2.75) is 38.8 Å². The van der Waals surface area contributed by atoms with Gasteiger partial charge >= 0.3 is 0 Å². The Morgan fingerprint density at radius 1 is 1.29 bits per heavy atom. The number of likely N-dealkylation sites (tertiary alicyclic amines) is 1. The molecule has 130 valence electrons. The highest BCUT2D eigenvalue weighted by atomic mass is 16.5. The van der Waals surface area contributed by atoms with Gasteiger partial charge in [-0.3, -0.25) is 14.5 Å². The van der Waals surface area contributed by atoms with E-state index < -0.39 is 0 Å². The Hall–Kier alpha value is -1.89. The van der Waals surface area contributed by atoms with Crippen molar-refractivity contribution in [3.05, 3.63) is 17.5 Å². The number of aryl methyl sites for hydroxylation is 1. The normalized spacial score (nSPS) is 25.5. The molecule has 3 aliphatic rings. The van der Waals surface area contributed by atoms with Gasteiger partial charge in [-0.15, -0.1) is 0 Å². The summed E-state index contributed by atoms with van der Waals surface area (Å²) in [5.74, 6) is 1.05. The zero-order valence-electron chi connectivity index (χ0n) is 14.1. The lowest BCUT2D eigenvalue weighted by Crippen LogP contribution is -2.50. The number of carbonyl (C=O) groups excluding carboxylic acids is 2. The predicted octanol–water partition coefficient (Wildman–Crippen LogP) is 0.638. The van der Waals surface area contributed by atoms with E-state index in [0.717, 1.165) is 57.0 Å². The number of aromatic nitrogens is 1. The number of rotatable bonds is 4. The highest BCUT2D eigenvalue weighted by Gasteiger charge is 2.43. The van der Waals surface area contributed by atoms with Gasteiger partial charge in [0.15, 0.2) is 5.76 Å². The largest absolute Gasteiger partial charge is 0.360 e. The summed E-state index contributed by atoms with van der Waals surface area (Å²) >= 11 is 0. The molecule has 3 fully saturated rings. The van der Waals surface area contributed by atoms with Gasteiger partial charge in [0.2, 0.25) is 11.8 Å². The van der Waals surface area contributed by atoms with Crippen molar-refractivity contribution in [1.82, 2.24) is 19.9 Å². The van der Waals surface area contributed by atoms with E-state index in [1.165, 1.54) is 0 Å². The molecule has 0 spiro atoms. The van der Waals surface area contributed by atoms with Crippen molar-refractivity contribution in [3.63, 3.8) is 0 Å². The van der Waals surface area contributed by atoms with Crippen LogP contribution in [0.1, 0.15) is 30.7 Å². The van der Waals surface area contributed by atoms with Crippen LogP contribution in [-0.4, -0.2) is 70.4 Å². The number of hydrogen-bond acceptors (Lipinski definition) is 5. The molecule has 2 aliphatic heterocycles. The van der Waals surface area contributed by atoms with E-state index in [1.54, 1.807) is 0 Å². The Labute approximate surface area is 141 Å². The fourth-order valence-electron chi connectivity index (χ4n) is 3.73. The fourth-order valence-corrected chi connectivity index (χ4v) is 3.73. The third kappa shape index (κ3) is 3.17. The molecular weight excluding hydrogens is 308 g/mol. The number of piperazine rings is 1. The Balaban J connectivity index is 1.27. The monoisotopic (exact) mass is 332 g/mol. The fraction of sp³-hybridized carbons (Fsp3) is 0.706. The molecule has 1 aliphatic carbocycles. The SMILES string of the molecule is Cc1cc(CN2CCN(C(=O)C3CC(=O)N(C4CC4)C3)CC2)on1. The molecule has 3 heterocycles. The second-order valence-electron chi connectivity index (χ2n) is 7.21. The Bertz CT molecular complexity index is 632. The van der Waals surface area contributed by atoms with E-state index in [4.69, 9.17) is 4.52 Å². The third-order valence-corrected chi connectivity index (χ3v) is 5.24. The molecule has 2 saturated heterocycles. The highest BCUT2D eigenvalue weighted by Crippen LogP contribution is 2.33. The van der Waals surface area contributed by atoms with Crippen LogP contribution in [0.2, 0.25) is 0 Å². The van der Waals surface area contributed by atoms with Gasteiger partial charge in [-0.25, -0.2) is 0 Å². The molecular formula is C17H24N4O3. The van der Waals surface area contributed by atoms with Gasteiger partial charge in [0.1, 0.15) is 0 Å². The minimum atomic E-state index is -0.137. The minimum absolute atomic E-state index is 0.137. The van der Waals surface area contributed by atoms with E-state index >= 15 is 0 Å². The lowest BCUT2D eigenvalue weighted by atomic mass is 10.1. The van der Waals surface area contributed by atoms with Gasteiger partial charge in [-0.05, 0) is 19.8 Å². The Morgan fingerprint density at radius 2 is 2.04 bits per heavy atom. The summed E-state index contributed by atoms with van der Waals surface area (Å²) in [5, 5.41) is 3.91. The van der Waals surface area contributed by atoms with Crippen LogP contribution in [0, 0.1) is 12.8 Å². The summed E-state index contributed by atoms with van der Waals surface area (Å²) < 4.78 is 5.26. The first kappa shape index (κ1) is 15.6. The first-order chi connectivity index (χ1) is 11.6. The standard InChI is InChI=1S/C17H24N4O3/c1-12-8-15(24-18-12)11-19-4-6-20(7-5-19)17(23)13-9-16(22)21(10-13)14-2-3-14/h8,13-14H,2-7,9-11H2,1H3. The molecule has 0 N–H and O–H groups in total. The lowest BCUT2D eigenvalue weighted by Gasteiger charge is -2.35. The molecule has 7 nitrogen and oxygen atoms in total. The van der Waals surface area contributed by atoms with E-state index in [1.807, 2.05) is 22.8 Å². The maximum Gasteiger partial charge on any atom is 0.228 e. The number of nitrogens with zero attached hydrogens (tertiary/aromatic N) is 4. The summed E-state index contributed by atoms with van der Waals surface area (Å²) in [6.07, 6.45) is 2.60. The zero-order valence-corrected chi connectivity index (χ0v) is 14.1. The summed E-state index contributed by atoms with van der Waals surface area (Å²) in [5.41, 5.74) is 0.893. The van der Waals surface area contributed by atoms with Crippen LogP contribution in [0.15, 0.2) is 10.6 Å². The van der Waals surface area contributed by atoms with Crippen molar-refractivity contribution >= 4 is 11.8 Å². The number of amides is 2. The molecule has 1 aromatic heterocycles. The topological polar surface area (TPSA) is 69.9 Å². The minimum Gasteiger partial charge on any atom is -0.360 e. The number of carbonyl (C=O) groups is 2. The molecule has 0 bridgehead atoms. The van der Waals surface area contributed by atoms with Gasteiger partial charge in [0.05, 0.1) is 18.2 Å². The maximum absolute atomic E-state index is 12.7. The van der Waals surface area contributed by atoms with Crippen molar-refractivity contribution in [2.24, 2.45) is 5.92 Å². The maximum atomic E-state index is 12.7. The van der Waals surface area contributed by atoms with Crippen molar-refractivity contribution in [1.29, 1.82) is 0 Å². The Kier molecular flexibility index (Phi) is 4.04. The molecule has 1 atom stereocenters. The van der Waals surface area contributed by atoms with Crippen molar-refractivity contribution in [2.75, 3.05) is 32.7 Å². The predicted molar refractivity (Wildman–Crippen MR) is 85.9 cm³/mol. The van der Waals surface area contributed by atoms with Crippen LogP contribution in [0.4, 0.5) is 0 Å². The van der Waals surface area contributed by atoms with E-state index in [9.17, 15) is 9.59 Å². The quantitative estimate of drug-likeness (QED) is 0.809. The summed E-state index contributed by atoms with van der Waals surface area (Å²) in [4.78, 5) is 30.9. The van der Waals surface area contributed by atoms with Crippen LogP contribution in [-0.2, 0) is 16.1 Å². The molecule has 24 heavy (non-hydrogen) atoms. The first-order valence-electron chi connectivity index (χ1n) is 8.83.